The molecule has 3 rings (SSSR count). The molecule has 0 saturated carbocycles. The lowest BCUT2D eigenvalue weighted by Crippen LogP contribution is -2.39. The van der Waals surface area contributed by atoms with Gasteiger partial charge in [-0.2, -0.15) is 5.10 Å². The lowest BCUT2D eigenvalue weighted by Gasteiger charge is -2.32. The molecule has 1 unspecified atom stereocenters. The van der Waals surface area contributed by atoms with E-state index in [2.05, 4.69) is 15.4 Å². The Morgan fingerprint density at radius 1 is 1.40 bits per heavy atom. The summed E-state index contributed by atoms with van der Waals surface area (Å²) < 4.78 is 1.96. The van der Waals surface area contributed by atoms with Gasteiger partial charge in [0.1, 0.15) is 5.82 Å². The van der Waals surface area contributed by atoms with Gasteiger partial charge in [0.2, 0.25) is 0 Å². The van der Waals surface area contributed by atoms with Gasteiger partial charge in [0, 0.05) is 44.8 Å². The zero-order chi connectivity index (χ0) is 17.6. The average Bonchev–Trinajstić information content (AvgIpc) is 3.13. The first kappa shape index (κ1) is 17.4. The van der Waals surface area contributed by atoms with Gasteiger partial charge in [0.15, 0.2) is 0 Å². The molecule has 1 atom stereocenters. The molecule has 7 heteroatoms. The van der Waals surface area contributed by atoms with Gasteiger partial charge in [-0.15, -0.1) is 0 Å². The van der Waals surface area contributed by atoms with Gasteiger partial charge in [0.25, 0.3) is 5.91 Å². The Hall–Kier alpha value is -2.41. The molecular formula is C18H25N5O2. The number of pyridine rings is 1. The Kier molecular flexibility index (Phi) is 5.65. The Morgan fingerprint density at radius 2 is 2.20 bits per heavy atom. The quantitative estimate of drug-likeness (QED) is 0.833. The molecular weight excluding hydrogens is 318 g/mol. The number of anilines is 1. The molecule has 25 heavy (non-hydrogen) atoms. The SMILES string of the molecule is CC(O)CNc1ccc(C(=O)N2CCC(Cn3cccn3)CC2)cn1. The van der Waals surface area contributed by atoms with Crippen molar-refractivity contribution in [1.82, 2.24) is 19.7 Å². The lowest BCUT2D eigenvalue weighted by molar-refractivity contribution is 0.0681. The highest BCUT2D eigenvalue weighted by atomic mass is 16.3. The summed E-state index contributed by atoms with van der Waals surface area (Å²) in [5.41, 5.74) is 0.605. The minimum Gasteiger partial charge on any atom is -0.392 e. The van der Waals surface area contributed by atoms with Crippen LogP contribution in [0.1, 0.15) is 30.1 Å². The third kappa shape index (κ3) is 4.79. The van der Waals surface area contributed by atoms with Gasteiger partial charge in [0.05, 0.1) is 11.7 Å². The van der Waals surface area contributed by atoms with Crippen molar-refractivity contribution in [1.29, 1.82) is 0 Å². The van der Waals surface area contributed by atoms with E-state index in [0.717, 1.165) is 32.5 Å². The Labute approximate surface area is 147 Å². The van der Waals surface area contributed by atoms with Crippen LogP contribution < -0.4 is 5.32 Å². The number of hydrogen-bond acceptors (Lipinski definition) is 5. The van der Waals surface area contributed by atoms with Gasteiger partial charge < -0.3 is 15.3 Å². The van der Waals surface area contributed by atoms with E-state index in [1.165, 1.54) is 0 Å². The summed E-state index contributed by atoms with van der Waals surface area (Å²) in [6.07, 6.45) is 6.93. The van der Waals surface area contributed by atoms with Crippen LogP contribution in [-0.2, 0) is 6.54 Å². The number of aromatic nitrogens is 3. The third-order valence-corrected chi connectivity index (χ3v) is 4.50. The molecule has 0 bridgehead atoms. The molecule has 0 spiro atoms. The number of rotatable bonds is 6. The van der Waals surface area contributed by atoms with E-state index in [9.17, 15) is 9.90 Å². The molecule has 0 aliphatic carbocycles. The first-order valence-corrected chi connectivity index (χ1v) is 8.76. The minimum atomic E-state index is -0.439. The van der Waals surface area contributed by atoms with Crippen molar-refractivity contribution >= 4 is 11.7 Å². The molecule has 0 aromatic carbocycles. The summed E-state index contributed by atoms with van der Waals surface area (Å²) in [6.45, 7) is 4.60. The van der Waals surface area contributed by atoms with Crippen molar-refractivity contribution in [3.8, 4) is 0 Å². The van der Waals surface area contributed by atoms with Crippen LogP contribution in [0.3, 0.4) is 0 Å². The fourth-order valence-corrected chi connectivity index (χ4v) is 3.05. The minimum absolute atomic E-state index is 0.0344. The molecule has 1 fully saturated rings. The van der Waals surface area contributed by atoms with Crippen LogP contribution in [0.2, 0.25) is 0 Å². The number of aliphatic hydroxyl groups is 1. The summed E-state index contributed by atoms with van der Waals surface area (Å²) in [5, 5.41) is 16.5. The second-order valence-corrected chi connectivity index (χ2v) is 6.63. The van der Waals surface area contributed by atoms with Gasteiger partial charge >= 0.3 is 0 Å². The molecule has 3 heterocycles. The Bertz CT molecular complexity index is 661. The number of amides is 1. The van der Waals surface area contributed by atoms with Crippen molar-refractivity contribution in [3.63, 3.8) is 0 Å². The standard InChI is InChI=1S/C18H25N5O2/c1-14(24)11-19-17-4-3-16(12-20-17)18(25)22-9-5-15(6-10-22)13-23-8-2-7-21-23/h2-4,7-8,12,14-15,24H,5-6,9-11,13H2,1H3,(H,19,20). The lowest BCUT2D eigenvalue weighted by atomic mass is 9.96. The monoisotopic (exact) mass is 343 g/mol. The second kappa shape index (κ2) is 8.11. The molecule has 1 aliphatic heterocycles. The van der Waals surface area contributed by atoms with E-state index >= 15 is 0 Å². The summed E-state index contributed by atoms with van der Waals surface area (Å²) >= 11 is 0. The molecule has 2 aromatic rings. The van der Waals surface area contributed by atoms with E-state index in [1.807, 2.05) is 21.8 Å². The molecule has 0 radical (unpaired) electrons. The van der Waals surface area contributed by atoms with Crippen LogP contribution in [0.25, 0.3) is 0 Å². The highest BCUT2D eigenvalue weighted by Crippen LogP contribution is 2.20. The molecule has 2 aromatic heterocycles. The zero-order valence-corrected chi connectivity index (χ0v) is 14.5. The topological polar surface area (TPSA) is 83.3 Å². The van der Waals surface area contributed by atoms with E-state index < -0.39 is 6.10 Å². The van der Waals surface area contributed by atoms with Crippen molar-refractivity contribution in [3.05, 3.63) is 42.4 Å². The van der Waals surface area contributed by atoms with Crippen LogP contribution in [0.4, 0.5) is 5.82 Å². The molecule has 2 N–H and O–H groups in total. The summed E-state index contributed by atoms with van der Waals surface area (Å²) in [4.78, 5) is 18.8. The van der Waals surface area contributed by atoms with Crippen LogP contribution in [-0.4, -0.2) is 56.4 Å². The molecule has 1 amide bonds. The molecule has 7 nitrogen and oxygen atoms in total. The van der Waals surface area contributed by atoms with Crippen molar-refractivity contribution < 1.29 is 9.90 Å². The first-order chi connectivity index (χ1) is 12.1. The van der Waals surface area contributed by atoms with Gasteiger partial charge in [-0.25, -0.2) is 4.98 Å². The van der Waals surface area contributed by atoms with Gasteiger partial charge in [-0.3, -0.25) is 9.48 Å². The summed E-state index contributed by atoms with van der Waals surface area (Å²) in [5.74, 6) is 1.26. The smallest absolute Gasteiger partial charge is 0.255 e. The number of carbonyl (C=O) groups is 1. The number of carbonyl (C=O) groups excluding carboxylic acids is 1. The number of likely N-dealkylation sites (tertiary alicyclic amines) is 1. The van der Waals surface area contributed by atoms with Crippen LogP contribution >= 0.6 is 0 Å². The summed E-state index contributed by atoms with van der Waals surface area (Å²) in [6, 6.07) is 5.50. The van der Waals surface area contributed by atoms with E-state index in [-0.39, 0.29) is 5.91 Å². The highest BCUT2D eigenvalue weighted by molar-refractivity contribution is 5.94. The first-order valence-electron chi connectivity index (χ1n) is 8.76. The van der Waals surface area contributed by atoms with Crippen LogP contribution in [0, 0.1) is 5.92 Å². The zero-order valence-electron chi connectivity index (χ0n) is 14.5. The van der Waals surface area contributed by atoms with Crippen molar-refractivity contribution in [2.45, 2.75) is 32.4 Å². The molecule has 1 saturated heterocycles. The third-order valence-electron chi connectivity index (χ3n) is 4.50. The average molecular weight is 343 g/mol. The largest absolute Gasteiger partial charge is 0.392 e. The number of nitrogens with one attached hydrogen (secondary N) is 1. The maximum absolute atomic E-state index is 12.6. The summed E-state index contributed by atoms with van der Waals surface area (Å²) in [7, 11) is 0. The Morgan fingerprint density at radius 3 is 2.80 bits per heavy atom. The molecule has 134 valence electrons. The highest BCUT2D eigenvalue weighted by Gasteiger charge is 2.24. The van der Waals surface area contributed by atoms with Crippen molar-refractivity contribution in [2.24, 2.45) is 5.92 Å². The van der Waals surface area contributed by atoms with Crippen LogP contribution in [0.5, 0.6) is 0 Å². The second-order valence-electron chi connectivity index (χ2n) is 6.63. The number of piperidine rings is 1. The van der Waals surface area contributed by atoms with Crippen LogP contribution in [0.15, 0.2) is 36.8 Å². The number of aliphatic hydroxyl groups excluding tert-OH is 1. The van der Waals surface area contributed by atoms with E-state index in [0.29, 0.717) is 23.8 Å². The van der Waals surface area contributed by atoms with Gasteiger partial charge in [-0.05, 0) is 43.9 Å². The predicted molar refractivity (Wildman–Crippen MR) is 95.3 cm³/mol. The van der Waals surface area contributed by atoms with Gasteiger partial charge in [-0.1, -0.05) is 0 Å². The fourth-order valence-electron chi connectivity index (χ4n) is 3.05. The van der Waals surface area contributed by atoms with E-state index in [1.54, 1.807) is 31.5 Å². The maximum atomic E-state index is 12.6. The maximum Gasteiger partial charge on any atom is 0.255 e. The predicted octanol–water partition coefficient (Wildman–Crippen LogP) is 1.62. The molecule has 1 aliphatic rings. The normalized spacial score (nSPS) is 16.6. The van der Waals surface area contributed by atoms with E-state index in [4.69, 9.17) is 0 Å². The Balaban J connectivity index is 1.50. The number of nitrogens with zero attached hydrogens (tertiary/aromatic N) is 4. The fraction of sp³-hybridized carbons (Fsp3) is 0.500. The number of hydrogen-bond donors (Lipinski definition) is 2. The van der Waals surface area contributed by atoms with Crippen molar-refractivity contribution in [2.75, 3.05) is 25.0 Å².